The second-order valence-corrected chi connectivity index (χ2v) is 3.49. The maximum atomic E-state index is 12.0. The number of halogens is 4. The van der Waals surface area contributed by atoms with Crippen LogP contribution >= 0.6 is 11.6 Å². The predicted octanol–water partition coefficient (Wildman–Crippen LogP) is 2.88. The number of nitrogens with one attached hydrogen (secondary N) is 1. The van der Waals surface area contributed by atoms with Gasteiger partial charge in [-0.25, -0.2) is 0 Å². The summed E-state index contributed by atoms with van der Waals surface area (Å²) in [5.74, 6) is 0.274. The zero-order valence-electron chi connectivity index (χ0n) is 7.85. The van der Waals surface area contributed by atoms with Gasteiger partial charge in [0.15, 0.2) is 5.15 Å². The zero-order valence-corrected chi connectivity index (χ0v) is 8.60. The van der Waals surface area contributed by atoms with Crippen LogP contribution in [-0.2, 0) is 0 Å². The number of alkyl halides is 3. The molecule has 0 fully saturated rings. The maximum Gasteiger partial charge on any atom is 0.391 e. The van der Waals surface area contributed by atoms with E-state index in [9.17, 15) is 13.2 Å². The third-order valence-electron chi connectivity index (χ3n) is 1.56. The minimum absolute atomic E-state index is 0.198. The van der Waals surface area contributed by atoms with E-state index in [0.29, 0.717) is 0 Å². The number of rotatable bonds is 3. The molecule has 0 spiro atoms. The van der Waals surface area contributed by atoms with Crippen molar-refractivity contribution in [2.45, 2.75) is 25.6 Å². The van der Waals surface area contributed by atoms with Crippen molar-refractivity contribution < 1.29 is 13.2 Å². The lowest BCUT2D eigenvalue weighted by molar-refractivity contribution is -0.136. The van der Waals surface area contributed by atoms with E-state index in [1.165, 1.54) is 19.1 Å². The summed E-state index contributed by atoms with van der Waals surface area (Å²) in [7, 11) is 0. The fourth-order valence-electron chi connectivity index (χ4n) is 1.04. The summed E-state index contributed by atoms with van der Waals surface area (Å²) in [6.45, 7) is 1.42. The Labute approximate surface area is 89.6 Å². The SMILES string of the molecule is CC(CC(F)(F)F)Nc1ccc(Cl)nn1. The van der Waals surface area contributed by atoms with Gasteiger partial charge < -0.3 is 5.32 Å². The van der Waals surface area contributed by atoms with E-state index in [1.807, 2.05) is 0 Å². The van der Waals surface area contributed by atoms with Gasteiger partial charge >= 0.3 is 6.18 Å². The molecule has 1 aromatic rings. The first-order valence-electron chi connectivity index (χ1n) is 4.19. The number of nitrogens with zero attached hydrogens (tertiary/aromatic N) is 2. The molecule has 1 atom stereocenters. The second-order valence-electron chi connectivity index (χ2n) is 3.11. The lowest BCUT2D eigenvalue weighted by Gasteiger charge is -2.15. The van der Waals surface area contributed by atoms with E-state index in [4.69, 9.17) is 11.6 Å². The molecular formula is C8H9ClF3N3. The molecule has 84 valence electrons. The van der Waals surface area contributed by atoms with Gasteiger partial charge in [-0.05, 0) is 19.1 Å². The third-order valence-corrected chi connectivity index (χ3v) is 1.77. The van der Waals surface area contributed by atoms with Crippen LogP contribution in [0.1, 0.15) is 13.3 Å². The fraction of sp³-hybridized carbons (Fsp3) is 0.500. The minimum atomic E-state index is -4.19. The number of hydrogen-bond donors (Lipinski definition) is 1. The Morgan fingerprint density at radius 1 is 1.40 bits per heavy atom. The van der Waals surface area contributed by atoms with Crippen LogP contribution in [0.25, 0.3) is 0 Å². The summed E-state index contributed by atoms with van der Waals surface area (Å²) >= 11 is 5.47. The molecule has 0 amide bonds. The summed E-state index contributed by atoms with van der Waals surface area (Å²) in [6, 6.07) is 2.18. The lowest BCUT2D eigenvalue weighted by atomic mass is 10.2. The van der Waals surface area contributed by atoms with E-state index in [2.05, 4.69) is 15.5 Å². The zero-order chi connectivity index (χ0) is 11.5. The number of anilines is 1. The Kier molecular flexibility index (Phi) is 3.73. The van der Waals surface area contributed by atoms with Crippen molar-refractivity contribution in [3.8, 4) is 0 Å². The van der Waals surface area contributed by atoms with Crippen LogP contribution in [0.15, 0.2) is 12.1 Å². The molecule has 3 nitrogen and oxygen atoms in total. The minimum Gasteiger partial charge on any atom is -0.366 e. The van der Waals surface area contributed by atoms with Crippen molar-refractivity contribution in [2.24, 2.45) is 0 Å². The standard InChI is InChI=1S/C8H9ClF3N3/c1-5(4-8(10,11)12)13-7-3-2-6(9)14-15-7/h2-3,5H,4H2,1H3,(H,13,15). The monoisotopic (exact) mass is 239 g/mol. The van der Waals surface area contributed by atoms with Crippen LogP contribution in [0.5, 0.6) is 0 Å². The Bertz CT molecular complexity index is 312. The maximum absolute atomic E-state index is 12.0. The quantitative estimate of drug-likeness (QED) is 0.881. The Morgan fingerprint density at radius 3 is 2.53 bits per heavy atom. The molecule has 0 saturated heterocycles. The van der Waals surface area contributed by atoms with Gasteiger partial charge in [0.1, 0.15) is 5.82 Å². The molecule has 0 aliphatic rings. The van der Waals surface area contributed by atoms with E-state index in [-0.39, 0.29) is 11.0 Å². The van der Waals surface area contributed by atoms with Gasteiger partial charge in [-0.1, -0.05) is 11.6 Å². The molecular weight excluding hydrogens is 231 g/mol. The molecule has 1 N–H and O–H groups in total. The molecule has 0 bridgehead atoms. The van der Waals surface area contributed by atoms with Gasteiger partial charge in [0.05, 0.1) is 6.42 Å². The number of aromatic nitrogens is 2. The lowest BCUT2D eigenvalue weighted by Crippen LogP contribution is -2.24. The Balaban J connectivity index is 2.51. The first-order chi connectivity index (χ1) is 6.87. The van der Waals surface area contributed by atoms with E-state index < -0.39 is 18.6 Å². The predicted molar refractivity (Wildman–Crippen MR) is 50.8 cm³/mol. The molecule has 0 aliphatic heterocycles. The van der Waals surface area contributed by atoms with Crippen molar-refractivity contribution >= 4 is 17.4 Å². The molecule has 0 saturated carbocycles. The molecule has 15 heavy (non-hydrogen) atoms. The van der Waals surface area contributed by atoms with Crippen LogP contribution in [0.2, 0.25) is 5.15 Å². The van der Waals surface area contributed by atoms with Gasteiger partial charge in [0, 0.05) is 6.04 Å². The van der Waals surface area contributed by atoms with Gasteiger partial charge in [0.2, 0.25) is 0 Å². The summed E-state index contributed by atoms with van der Waals surface area (Å²) in [5, 5.41) is 9.86. The van der Waals surface area contributed by atoms with Gasteiger partial charge in [-0.2, -0.15) is 13.2 Å². The highest BCUT2D eigenvalue weighted by Crippen LogP contribution is 2.22. The smallest absolute Gasteiger partial charge is 0.366 e. The highest BCUT2D eigenvalue weighted by atomic mass is 35.5. The van der Waals surface area contributed by atoms with Crippen LogP contribution in [0.4, 0.5) is 19.0 Å². The summed E-state index contributed by atoms with van der Waals surface area (Å²) in [4.78, 5) is 0. The largest absolute Gasteiger partial charge is 0.391 e. The van der Waals surface area contributed by atoms with Gasteiger partial charge in [-0.15, -0.1) is 10.2 Å². The van der Waals surface area contributed by atoms with Crippen LogP contribution in [0.3, 0.4) is 0 Å². The summed E-state index contributed by atoms with van der Waals surface area (Å²) < 4.78 is 35.9. The highest BCUT2D eigenvalue weighted by Gasteiger charge is 2.29. The van der Waals surface area contributed by atoms with Crippen molar-refractivity contribution in [3.05, 3.63) is 17.3 Å². The first-order valence-corrected chi connectivity index (χ1v) is 4.57. The Hall–Kier alpha value is -1.04. The van der Waals surface area contributed by atoms with Crippen LogP contribution in [-0.4, -0.2) is 22.4 Å². The highest BCUT2D eigenvalue weighted by molar-refractivity contribution is 6.29. The topological polar surface area (TPSA) is 37.8 Å². The van der Waals surface area contributed by atoms with Crippen LogP contribution < -0.4 is 5.32 Å². The molecule has 1 aromatic heterocycles. The molecule has 7 heteroatoms. The third kappa shape index (κ3) is 4.83. The normalized spacial score (nSPS) is 13.7. The van der Waals surface area contributed by atoms with Crippen LogP contribution in [0, 0.1) is 0 Å². The average molecular weight is 240 g/mol. The van der Waals surface area contributed by atoms with E-state index in [0.717, 1.165) is 0 Å². The molecule has 1 heterocycles. The first kappa shape index (κ1) is 12.0. The summed E-state index contributed by atoms with van der Waals surface area (Å²) in [5.41, 5.74) is 0. The van der Waals surface area contributed by atoms with Crippen molar-refractivity contribution in [1.29, 1.82) is 0 Å². The molecule has 1 rings (SSSR count). The van der Waals surface area contributed by atoms with Gasteiger partial charge in [-0.3, -0.25) is 0 Å². The molecule has 0 aliphatic carbocycles. The summed E-state index contributed by atoms with van der Waals surface area (Å²) in [6.07, 6.45) is -5.11. The van der Waals surface area contributed by atoms with Crippen molar-refractivity contribution in [1.82, 2.24) is 10.2 Å². The van der Waals surface area contributed by atoms with E-state index in [1.54, 1.807) is 0 Å². The molecule has 0 radical (unpaired) electrons. The fourth-order valence-corrected chi connectivity index (χ4v) is 1.14. The number of hydrogen-bond acceptors (Lipinski definition) is 3. The Morgan fingerprint density at radius 2 is 2.07 bits per heavy atom. The molecule has 0 aromatic carbocycles. The second kappa shape index (κ2) is 4.65. The van der Waals surface area contributed by atoms with E-state index >= 15 is 0 Å². The van der Waals surface area contributed by atoms with Gasteiger partial charge in [0.25, 0.3) is 0 Å². The molecule has 1 unspecified atom stereocenters. The van der Waals surface area contributed by atoms with Crippen molar-refractivity contribution in [3.63, 3.8) is 0 Å². The van der Waals surface area contributed by atoms with Crippen molar-refractivity contribution in [2.75, 3.05) is 5.32 Å². The average Bonchev–Trinajstić information content (AvgIpc) is 2.05.